The van der Waals surface area contributed by atoms with Crippen LogP contribution in [0.15, 0.2) is 30.3 Å². The van der Waals surface area contributed by atoms with Gasteiger partial charge in [0.2, 0.25) is 0 Å². The first-order chi connectivity index (χ1) is 15.0. The highest BCUT2D eigenvalue weighted by atomic mass is 16.5. The fourth-order valence-electron chi connectivity index (χ4n) is 4.46. The minimum absolute atomic E-state index is 0.0920. The first-order valence-corrected chi connectivity index (χ1v) is 10.9. The van der Waals surface area contributed by atoms with E-state index in [1.165, 1.54) is 24.8 Å². The van der Waals surface area contributed by atoms with Crippen molar-refractivity contribution in [3.8, 4) is 5.75 Å². The molecule has 1 aliphatic rings. The molecule has 7 heteroatoms. The number of hydrogen-bond acceptors (Lipinski definition) is 5. The van der Waals surface area contributed by atoms with E-state index in [0.29, 0.717) is 17.8 Å². The van der Waals surface area contributed by atoms with Crippen molar-refractivity contribution in [1.82, 2.24) is 25.0 Å². The van der Waals surface area contributed by atoms with Crippen molar-refractivity contribution in [3.63, 3.8) is 0 Å². The van der Waals surface area contributed by atoms with Crippen LogP contribution in [0.1, 0.15) is 52.6 Å². The number of benzene rings is 1. The topological polar surface area (TPSA) is 72.3 Å². The number of likely N-dealkylation sites (tertiary alicyclic amines) is 1. The number of fused-ring (bicyclic) bond motifs is 1. The first-order valence-electron chi connectivity index (χ1n) is 10.9. The lowest BCUT2D eigenvalue weighted by atomic mass is 10.0. The summed E-state index contributed by atoms with van der Waals surface area (Å²) in [5.41, 5.74) is 4.19. The highest BCUT2D eigenvalue weighted by Crippen LogP contribution is 2.26. The van der Waals surface area contributed by atoms with Gasteiger partial charge in [0, 0.05) is 19.0 Å². The molecule has 1 atom stereocenters. The zero-order valence-corrected chi connectivity index (χ0v) is 18.8. The van der Waals surface area contributed by atoms with E-state index in [0.717, 1.165) is 35.6 Å². The van der Waals surface area contributed by atoms with Crippen molar-refractivity contribution in [2.45, 2.75) is 39.2 Å². The van der Waals surface area contributed by atoms with Crippen LogP contribution < -0.4 is 10.1 Å². The Labute approximate surface area is 183 Å². The predicted molar refractivity (Wildman–Crippen MR) is 121 cm³/mol. The number of aromatic nitrogens is 3. The maximum Gasteiger partial charge on any atom is 0.253 e. The molecule has 164 valence electrons. The van der Waals surface area contributed by atoms with E-state index in [1.54, 1.807) is 11.8 Å². The number of carbonyl (C=O) groups is 1. The molecule has 2 aromatic heterocycles. The van der Waals surface area contributed by atoms with Gasteiger partial charge in [-0.2, -0.15) is 5.10 Å². The quantitative estimate of drug-likeness (QED) is 0.659. The van der Waals surface area contributed by atoms with Crippen LogP contribution in [0, 0.1) is 13.8 Å². The van der Waals surface area contributed by atoms with Gasteiger partial charge in [0.1, 0.15) is 5.75 Å². The molecule has 3 heterocycles. The van der Waals surface area contributed by atoms with E-state index in [4.69, 9.17) is 4.74 Å². The number of aryl methyl sites for hydroxylation is 3. The Hall–Kier alpha value is -2.93. The highest BCUT2D eigenvalue weighted by Gasteiger charge is 2.24. The third kappa shape index (κ3) is 4.42. The van der Waals surface area contributed by atoms with Crippen LogP contribution in [0.3, 0.4) is 0 Å². The summed E-state index contributed by atoms with van der Waals surface area (Å²) in [6.45, 7) is 6.47. The Kier molecular flexibility index (Phi) is 6.23. The molecule has 7 nitrogen and oxygen atoms in total. The summed E-state index contributed by atoms with van der Waals surface area (Å²) in [6, 6.07) is 10.2. The Morgan fingerprint density at radius 1 is 1.13 bits per heavy atom. The van der Waals surface area contributed by atoms with Gasteiger partial charge in [-0.25, -0.2) is 4.98 Å². The third-order valence-electron chi connectivity index (χ3n) is 6.22. The van der Waals surface area contributed by atoms with E-state index < -0.39 is 0 Å². The molecule has 1 aromatic carbocycles. The van der Waals surface area contributed by atoms with Gasteiger partial charge in [-0.1, -0.05) is 18.6 Å². The van der Waals surface area contributed by atoms with E-state index in [9.17, 15) is 4.79 Å². The number of amides is 1. The smallest absolute Gasteiger partial charge is 0.253 e. The largest absolute Gasteiger partial charge is 0.497 e. The van der Waals surface area contributed by atoms with Gasteiger partial charge in [-0.15, -0.1) is 0 Å². The van der Waals surface area contributed by atoms with Crippen LogP contribution >= 0.6 is 0 Å². The third-order valence-corrected chi connectivity index (χ3v) is 6.22. The fraction of sp³-hybridized carbons (Fsp3) is 0.458. The average Bonchev–Trinajstić information content (AvgIpc) is 3.06. The Morgan fingerprint density at radius 2 is 1.84 bits per heavy atom. The molecule has 1 N–H and O–H groups in total. The SMILES string of the molecule is COc1ccc([C@H](CNC(=O)c2cc3c(C)nn(C)c3nc2C)N2CCCCC2)cc1. The summed E-state index contributed by atoms with van der Waals surface area (Å²) >= 11 is 0. The molecule has 0 spiro atoms. The molecule has 0 aliphatic carbocycles. The monoisotopic (exact) mass is 421 g/mol. The Bertz CT molecular complexity index is 1070. The lowest BCUT2D eigenvalue weighted by molar-refractivity contribution is 0.0923. The molecular formula is C24H31N5O2. The zero-order valence-electron chi connectivity index (χ0n) is 18.8. The Morgan fingerprint density at radius 3 is 2.52 bits per heavy atom. The second-order valence-electron chi connectivity index (χ2n) is 8.30. The summed E-state index contributed by atoms with van der Waals surface area (Å²) in [5.74, 6) is 0.748. The van der Waals surface area contributed by atoms with Crippen LogP contribution in [0.5, 0.6) is 5.75 Å². The maximum absolute atomic E-state index is 13.1. The van der Waals surface area contributed by atoms with Crippen molar-refractivity contribution < 1.29 is 9.53 Å². The molecule has 3 aromatic rings. The minimum atomic E-state index is -0.0920. The van der Waals surface area contributed by atoms with Crippen molar-refractivity contribution >= 4 is 16.9 Å². The minimum Gasteiger partial charge on any atom is -0.497 e. The van der Waals surface area contributed by atoms with Crippen molar-refractivity contribution in [3.05, 3.63) is 52.8 Å². The van der Waals surface area contributed by atoms with Gasteiger partial charge in [-0.3, -0.25) is 14.4 Å². The van der Waals surface area contributed by atoms with E-state index in [2.05, 4.69) is 32.4 Å². The van der Waals surface area contributed by atoms with E-state index in [-0.39, 0.29) is 11.9 Å². The lowest BCUT2D eigenvalue weighted by Gasteiger charge is -2.35. The molecule has 1 amide bonds. The lowest BCUT2D eigenvalue weighted by Crippen LogP contribution is -2.40. The molecule has 1 fully saturated rings. The second kappa shape index (κ2) is 9.06. The van der Waals surface area contributed by atoms with Crippen molar-refractivity contribution in [1.29, 1.82) is 0 Å². The second-order valence-corrected chi connectivity index (χ2v) is 8.30. The molecule has 31 heavy (non-hydrogen) atoms. The number of rotatable bonds is 6. The summed E-state index contributed by atoms with van der Waals surface area (Å²) in [6.07, 6.45) is 3.66. The van der Waals surface area contributed by atoms with E-state index >= 15 is 0 Å². The molecule has 0 bridgehead atoms. The number of piperidine rings is 1. The number of nitrogens with one attached hydrogen (secondary N) is 1. The van der Waals surface area contributed by atoms with Crippen molar-refractivity contribution in [2.75, 3.05) is 26.7 Å². The summed E-state index contributed by atoms with van der Waals surface area (Å²) < 4.78 is 7.07. The molecular weight excluding hydrogens is 390 g/mol. The number of nitrogens with zero attached hydrogens (tertiary/aromatic N) is 4. The van der Waals surface area contributed by atoms with Crippen LogP contribution in [0.25, 0.3) is 11.0 Å². The summed E-state index contributed by atoms with van der Waals surface area (Å²) in [5, 5.41) is 8.52. The van der Waals surface area contributed by atoms with Gasteiger partial charge < -0.3 is 10.1 Å². The first kappa shape index (κ1) is 21.3. The highest BCUT2D eigenvalue weighted by molar-refractivity contribution is 5.98. The van der Waals surface area contributed by atoms with Gasteiger partial charge in [0.05, 0.1) is 30.1 Å². The Balaban J connectivity index is 1.56. The molecule has 0 radical (unpaired) electrons. The molecule has 0 saturated carbocycles. The van der Waals surface area contributed by atoms with Crippen LogP contribution in [-0.2, 0) is 7.05 Å². The number of carbonyl (C=O) groups excluding carboxylic acids is 1. The zero-order chi connectivity index (χ0) is 22.0. The van der Waals surface area contributed by atoms with Crippen molar-refractivity contribution in [2.24, 2.45) is 7.05 Å². The normalized spacial score (nSPS) is 15.7. The maximum atomic E-state index is 13.1. The number of hydrogen-bond donors (Lipinski definition) is 1. The molecule has 4 rings (SSSR count). The van der Waals surface area contributed by atoms with Gasteiger partial charge in [0.25, 0.3) is 5.91 Å². The number of pyridine rings is 1. The summed E-state index contributed by atoms with van der Waals surface area (Å²) in [7, 11) is 3.55. The van der Waals surface area contributed by atoms with Crippen LogP contribution in [-0.4, -0.2) is 52.3 Å². The fourth-order valence-corrected chi connectivity index (χ4v) is 4.46. The number of methoxy groups -OCH3 is 1. The summed E-state index contributed by atoms with van der Waals surface area (Å²) in [4.78, 5) is 20.2. The van der Waals surface area contributed by atoms with Crippen LogP contribution in [0.4, 0.5) is 0 Å². The molecule has 1 aliphatic heterocycles. The molecule has 1 saturated heterocycles. The number of ether oxygens (including phenoxy) is 1. The molecule has 0 unspecified atom stereocenters. The predicted octanol–water partition coefficient (Wildman–Crippen LogP) is 3.55. The van der Waals surface area contributed by atoms with Gasteiger partial charge >= 0.3 is 0 Å². The standard InChI is InChI=1S/C24H31N5O2/c1-16-21(14-20-17(2)27-28(3)23(20)26-16)24(30)25-15-22(29-12-6-5-7-13-29)18-8-10-19(31-4)11-9-18/h8-11,14,22H,5-7,12-13,15H2,1-4H3,(H,25,30)/t22-/m0/s1. The van der Waals surface area contributed by atoms with Gasteiger partial charge in [0.15, 0.2) is 5.65 Å². The van der Waals surface area contributed by atoms with Gasteiger partial charge in [-0.05, 0) is 63.5 Å². The average molecular weight is 422 g/mol. The van der Waals surface area contributed by atoms with E-state index in [1.807, 2.05) is 39.1 Å². The van der Waals surface area contributed by atoms with Crippen LogP contribution in [0.2, 0.25) is 0 Å².